The number of nitrogens with one attached hydrogen (secondary N) is 1. The molecule has 0 atom stereocenters. The lowest BCUT2D eigenvalue weighted by Gasteiger charge is -2.16. The lowest BCUT2D eigenvalue weighted by molar-refractivity contribution is 0.402. The lowest BCUT2D eigenvalue weighted by Crippen LogP contribution is -2.19. The molecule has 0 aliphatic rings. The summed E-state index contributed by atoms with van der Waals surface area (Å²) in [6.07, 6.45) is 1.31. The van der Waals surface area contributed by atoms with E-state index in [-0.39, 0.29) is 23.8 Å². The van der Waals surface area contributed by atoms with Crippen LogP contribution in [0.3, 0.4) is 0 Å². The number of hydrogen-bond donors (Lipinski definition) is 1. The van der Waals surface area contributed by atoms with E-state index in [1.165, 1.54) is 25.0 Å². The normalized spacial score (nSPS) is 10.7. The molecule has 0 saturated heterocycles. The van der Waals surface area contributed by atoms with Crippen molar-refractivity contribution >= 4 is 23.2 Å². The number of rotatable bonds is 6. The zero-order valence-corrected chi connectivity index (χ0v) is 16.1. The molecular formula is C19H15ClF3N3O3. The molecule has 1 heterocycles. The Morgan fingerprint density at radius 1 is 1.10 bits per heavy atom. The number of ether oxygens (including phenoxy) is 2. The van der Waals surface area contributed by atoms with Crippen LogP contribution in [0.1, 0.15) is 5.56 Å². The van der Waals surface area contributed by atoms with Gasteiger partial charge in [0.1, 0.15) is 5.75 Å². The Labute approximate surface area is 168 Å². The number of aromatic nitrogens is 2. The van der Waals surface area contributed by atoms with Crippen molar-refractivity contribution in [2.45, 2.75) is 6.54 Å². The summed E-state index contributed by atoms with van der Waals surface area (Å²) in [5.74, 6) is -3.78. The first kappa shape index (κ1) is 20.5. The second-order valence-electron chi connectivity index (χ2n) is 5.91. The van der Waals surface area contributed by atoms with E-state index in [4.69, 9.17) is 21.1 Å². The molecule has 3 aromatic rings. The van der Waals surface area contributed by atoms with E-state index in [2.05, 4.69) is 10.3 Å². The fourth-order valence-corrected chi connectivity index (χ4v) is 2.74. The van der Waals surface area contributed by atoms with Gasteiger partial charge in [0.2, 0.25) is 11.7 Å². The van der Waals surface area contributed by atoms with Gasteiger partial charge in [0, 0.05) is 6.07 Å². The maximum atomic E-state index is 13.6. The zero-order valence-electron chi connectivity index (χ0n) is 15.3. The van der Waals surface area contributed by atoms with Gasteiger partial charge < -0.3 is 19.4 Å². The van der Waals surface area contributed by atoms with Crippen LogP contribution in [0.5, 0.6) is 11.5 Å². The minimum atomic E-state index is -1.56. The third kappa shape index (κ3) is 4.45. The highest BCUT2D eigenvalue weighted by atomic mass is 35.5. The second kappa shape index (κ2) is 8.44. The molecule has 29 heavy (non-hydrogen) atoms. The van der Waals surface area contributed by atoms with Crippen molar-refractivity contribution in [2.24, 2.45) is 0 Å². The van der Waals surface area contributed by atoms with Crippen LogP contribution in [0.25, 0.3) is 0 Å². The Balaban J connectivity index is 2.06. The van der Waals surface area contributed by atoms with Crippen molar-refractivity contribution in [3.05, 3.63) is 74.9 Å². The molecule has 1 aromatic heterocycles. The second-order valence-corrected chi connectivity index (χ2v) is 6.32. The maximum Gasteiger partial charge on any atom is 0.316 e. The van der Waals surface area contributed by atoms with Crippen LogP contribution in [-0.4, -0.2) is 23.8 Å². The van der Waals surface area contributed by atoms with Gasteiger partial charge in [0.05, 0.1) is 37.7 Å². The van der Waals surface area contributed by atoms with Crippen LogP contribution in [0.4, 0.5) is 24.8 Å². The first-order valence-corrected chi connectivity index (χ1v) is 8.59. The summed E-state index contributed by atoms with van der Waals surface area (Å²) in [5, 5.41) is 3.21. The molecule has 3 rings (SSSR count). The summed E-state index contributed by atoms with van der Waals surface area (Å²) in [7, 11) is 2.76. The summed E-state index contributed by atoms with van der Waals surface area (Å²) in [6, 6.07) is 6.52. The highest BCUT2D eigenvalue weighted by molar-refractivity contribution is 6.33. The summed E-state index contributed by atoms with van der Waals surface area (Å²) >= 11 is 6.17. The molecule has 0 saturated carbocycles. The zero-order chi connectivity index (χ0) is 21.1. The standard InChI is InChI=1S/C19H15ClF3N3O3/c1-28-11-3-4-12(20)15(7-11)24-19-25-18(27)16(29-2)9-26(19)8-10-5-13(21)17(23)14(22)6-10/h3-7,9H,8H2,1-2H3,(H,24,25,27). The van der Waals surface area contributed by atoms with Crippen LogP contribution in [-0.2, 0) is 6.54 Å². The lowest BCUT2D eigenvalue weighted by atomic mass is 10.2. The Kier molecular flexibility index (Phi) is 5.97. The quantitative estimate of drug-likeness (QED) is 0.602. The number of hydrogen-bond acceptors (Lipinski definition) is 5. The van der Waals surface area contributed by atoms with Gasteiger partial charge in [0.25, 0.3) is 0 Å². The molecular weight excluding hydrogens is 411 g/mol. The Hall–Kier alpha value is -3.20. The van der Waals surface area contributed by atoms with Gasteiger partial charge in [0.15, 0.2) is 17.5 Å². The van der Waals surface area contributed by atoms with Crippen LogP contribution in [0.2, 0.25) is 5.02 Å². The van der Waals surface area contributed by atoms with Crippen LogP contribution in [0.15, 0.2) is 41.3 Å². The van der Waals surface area contributed by atoms with Gasteiger partial charge in [-0.15, -0.1) is 0 Å². The first-order valence-electron chi connectivity index (χ1n) is 8.22. The van der Waals surface area contributed by atoms with Crippen molar-refractivity contribution in [2.75, 3.05) is 19.5 Å². The smallest absolute Gasteiger partial charge is 0.316 e. The number of halogens is 4. The molecule has 0 aliphatic carbocycles. The average molecular weight is 426 g/mol. The van der Waals surface area contributed by atoms with Gasteiger partial charge in [-0.25, -0.2) is 13.2 Å². The fourth-order valence-electron chi connectivity index (χ4n) is 2.58. The Morgan fingerprint density at radius 3 is 2.41 bits per heavy atom. The molecule has 0 bridgehead atoms. The van der Waals surface area contributed by atoms with E-state index in [1.54, 1.807) is 18.2 Å². The highest BCUT2D eigenvalue weighted by Gasteiger charge is 2.15. The third-order valence-corrected chi connectivity index (χ3v) is 4.33. The molecule has 1 N–H and O–H groups in total. The van der Waals surface area contributed by atoms with Gasteiger partial charge >= 0.3 is 5.56 Å². The molecule has 10 heteroatoms. The highest BCUT2D eigenvalue weighted by Crippen LogP contribution is 2.29. The fraction of sp³-hybridized carbons (Fsp3) is 0.158. The largest absolute Gasteiger partial charge is 0.497 e. The van der Waals surface area contributed by atoms with Crippen LogP contribution < -0.4 is 20.3 Å². The van der Waals surface area contributed by atoms with Crippen LogP contribution in [0, 0.1) is 17.5 Å². The molecule has 0 unspecified atom stereocenters. The molecule has 2 aromatic carbocycles. The maximum absolute atomic E-state index is 13.6. The number of methoxy groups -OCH3 is 2. The van der Waals surface area contributed by atoms with Gasteiger partial charge in [-0.3, -0.25) is 4.79 Å². The van der Waals surface area contributed by atoms with Gasteiger partial charge in [-0.1, -0.05) is 11.6 Å². The Bertz CT molecular complexity index is 1100. The van der Waals surface area contributed by atoms with E-state index in [9.17, 15) is 18.0 Å². The number of anilines is 2. The predicted octanol–water partition coefficient (Wildman–Crippen LogP) is 4.12. The van der Waals surface area contributed by atoms with Crippen molar-refractivity contribution in [3.63, 3.8) is 0 Å². The molecule has 152 valence electrons. The van der Waals surface area contributed by atoms with Crippen molar-refractivity contribution < 1.29 is 22.6 Å². The third-order valence-electron chi connectivity index (χ3n) is 4.00. The molecule has 0 fully saturated rings. The molecule has 6 nitrogen and oxygen atoms in total. The van der Waals surface area contributed by atoms with Crippen LogP contribution >= 0.6 is 11.6 Å². The van der Waals surface area contributed by atoms with Gasteiger partial charge in [-0.05, 0) is 29.8 Å². The van der Waals surface area contributed by atoms with E-state index in [1.807, 2.05) is 0 Å². The van der Waals surface area contributed by atoms with Crippen molar-refractivity contribution in [1.29, 1.82) is 0 Å². The number of benzene rings is 2. The molecule has 0 aliphatic heterocycles. The van der Waals surface area contributed by atoms with Gasteiger partial charge in [-0.2, -0.15) is 4.98 Å². The minimum absolute atomic E-state index is 0.0242. The number of nitrogens with zero attached hydrogens (tertiary/aromatic N) is 2. The van der Waals surface area contributed by atoms with E-state index >= 15 is 0 Å². The summed E-state index contributed by atoms with van der Waals surface area (Å²) in [4.78, 5) is 16.0. The molecule has 0 spiro atoms. The summed E-state index contributed by atoms with van der Waals surface area (Å²) in [5.41, 5.74) is -0.177. The van der Waals surface area contributed by atoms with E-state index in [0.717, 1.165) is 12.1 Å². The summed E-state index contributed by atoms with van der Waals surface area (Å²) in [6.45, 7) is -0.137. The molecule has 0 radical (unpaired) electrons. The van der Waals surface area contributed by atoms with E-state index < -0.39 is 23.0 Å². The average Bonchev–Trinajstić information content (AvgIpc) is 2.69. The minimum Gasteiger partial charge on any atom is -0.497 e. The summed E-state index contributed by atoms with van der Waals surface area (Å²) < 4.78 is 51.9. The first-order chi connectivity index (χ1) is 13.8. The predicted molar refractivity (Wildman–Crippen MR) is 102 cm³/mol. The topological polar surface area (TPSA) is 65.4 Å². The molecule has 0 amide bonds. The Morgan fingerprint density at radius 2 is 1.79 bits per heavy atom. The van der Waals surface area contributed by atoms with Crippen molar-refractivity contribution in [3.8, 4) is 11.5 Å². The monoisotopic (exact) mass is 425 g/mol. The van der Waals surface area contributed by atoms with Crippen molar-refractivity contribution in [1.82, 2.24) is 9.55 Å². The SMILES string of the molecule is COc1ccc(Cl)c(Nc2nc(=O)c(OC)cn2Cc2cc(F)c(F)c(F)c2)c1. The van der Waals surface area contributed by atoms with E-state index in [0.29, 0.717) is 16.5 Å².